The van der Waals surface area contributed by atoms with Crippen molar-refractivity contribution in [1.29, 1.82) is 0 Å². The Kier molecular flexibility index (Phi) is 5.54. The van der Waals surface area contributed by atoms with Gasteiger partial charge in [0.15, 0.2) is 0 Å². The lowest BCUT2D eigenvalue weighted by Crippen LogP contribution is -2.39. The molecular formula is C22H20Cl2N2O2. The number of likely N-dealkylation sites (tertiary alicyclic amines) is 1. The van der Waals surface area contributed by atoms with Crippen LogP contribution in [0.3, 0.4) is 0 Å². The van der Waals surface area contributed by atoms with Gasteiger partial charge in [-0.1, -0.05) is 53.5 Å². The first-order valence-corrected chi connectivity index (χ1v) is 10.1. The Morgan fingerprint density at radius 1 is 1.04 bits per heavy atom. The molecule has 1 atom stereocenters. The van der Waals surface area contributed by atoms with Gasteiger partial charge >= 0.3 is 5.97 Å². The molecule has 1 aliphatic heterocycles. The van der Waals surface area contributed by atoms with E-state index in [0.717, 1.165) is 22.0 Å². The first-order valence-electron chi connectivity index (χ1n) is 9.30. The van der Waals surface area contributed by atoms with Crippen LogP contribution in [-0.4, -0.2) is 34.0 Å². The summed E-state index contributed by atoms with van der Waals surface area (Å²) in [6, 6.07) is 15.6. The molecule has 1 saturated heterocycles. The second-order valence-corrected chi connectivity index (χ2v) is 7.90. The molecule has 28 heavy (non-hydrogen) atoms. The molecule has 0 aliphatic carbocycles. The number of carbonyl (C=O) groups is 1. The van der Waals surface area contributed by atoms with Crippen LogP contribution in [-0.2, 0) is 4.79 Å². The van der Waals surface area contributed by atoms with Gasteiger partial charge in [-0.3, -0.25) is 14.7 Å². The number of aromatic nitrogens is 1. The Hall–Kier alpha value is -2.14. The van der Waals surface area contributed by atoms with Crippen molar-refractivity contribution in [3.8, 4) is 0 Å². The SMILES string of the molecule is O=C(O)C1CCN(C(c2cccc(Cl)c2Cl)c2ccnc3ccccc23)CC1. The predicted molar refractivity (Wildman–Crippen MR) is 112 cm³/mol. The highest BCUT2D eigenvalue weighted by atomic mass is 35.5. The van der Waals surface area contributed by atoms with Crippen LogP contribution in [0, 0.1) is 5.92 Å². The number of piperidine rings is 1. The lowest BCUT2D eigenvalue weighted by atomic mass is 9.90. The predicted octanol–water partition coefficient (Wildman–Crippen LogP) is 5.43. The molecule has 6 heteroatoms. The number of hydrogen-bond donors (Lipinski definition) is 1. The molecule has 1 aromatic heterocycles. The molecule has 1 fully saturated rings. The van der Waals surface area contributed by atoms with Gasteiger partial charge < -0.3 is 5.11 Å². The summed E-state index contributed by atoms with van der Waals surface area (Å²) in [7, 11) is 0. The first kappa shape index (κ1) is 19.2. The van der Waals surface area contributed by atoms with E-state index in [1.54, 1.807) is 6.07 Å². The third-order valence-electron chi connectivity index (χ3n) is 5.50. The molecule has 1 aliphatic rings. The quantitative estimate of drug-likeness (QED) is 0.618. The summed E-state index contributed by atoms with van der Waals surface area (Å²) in [5.41, 5.74) is 2.95. The maximum absolute atomic E-state index is 11.4. The van der Waals surface area contributed by atoms with E-state index in [1.165, 1.54) is 0 Å². The average molecular weight is 415 g/mol. The van der Waals surface area contributed by atoms with Crippen molar-refractivity contribution in [3.63, 3.8) is 0 Å². The van der Waals surface area contributed by atoms with Crippen molar-refractivity contribution in [2.45, 2.75) is 18.9 Å². The van der Waals surface area contributed by atoms with Gasteiger partial charge in [-0.25, -0.2) is 0 Å². The molecule has 3 aromatic rings. The molecule has 2 heterocycles. The third kappa shape index (κ3) is 3.60. The minimum atomic E-state index is -0.716. The Morgan fingerprint density at radius 2 is 1.79 bits per heavy atom. The van der Waals surface area contributed by atoms with Crippen molar-refractivity contribution in [2.75, 3.05) is 13.1 Å². The fraction of sp³-hybridized carbons (Fsp3) is 0.273. The summed E-state index contributed by atoms with van der Waals surface area (Å²) >= 11 is 12.9. The van der Waals surface area contributed by atoms with Crippen LogP contribution < -0.4 is 0 Å². The lowest BCUT2D eigenvalue weighted by molar-refractivity contribution is -0.143. The molecule has 144 valence electrons. The van der Waals surface area contributed by atoms with Crippen LogP contribution >= 0.6 is 23.2 Å². The van der Waals surface area contributed by atoms with Crippen LogP contribution in [0.15, 0.2) is 54.7 Å². The smallest absolute Gasteiger partial charge is 0.306 e. The number of aliphatic carboxylic acids is 1. The van der Waals surface area contributed by atoms with E-state index in [0.29, 0.717) is 36.0 Å². The van der Waals surface area contributed by atoms with Crippen molar-refractivity contribution in [2.24, 2.45) is 5.92 Å². The number of carboxylic acid groups (broad SMARTS) is 1. The van der Waals surface area contributed by atoms with Gasteiger partial charge in [0, 0.05) is 11.6 Å². The van der Waals surface area contributed by atoms with Crippen LogP contribution in [0.1, 0.15) is 30.0 Å². The Labute approximate surface area is 173 Å². The highest BCUT2D eigenvalue weighted by molar-refractivity contribution is 6.42. The number of fused-ring (bicyclic) bond motifs is 1. The molecule has 0 spiro atoms. The van der Waals surface area contributed by atoms with Crippen LogP contribution in [0.25, 0.3) is 10.9 Å². The Bertz CT molecular complexity index is 1010. The highest BCUT2D eigenvalue weighted by Gasteiger charge is 2.32. The largest absolute Gasteiger partial charge is 0.481 e. The summed E-state index contributed by atoms with van der Waals surface area (Å²) < 4.78 is 0. The molecular weight excluding hydrogens is 395 g/mol. The second kappa shape index (κ2) is 8.08. The fourth-order valence-electron chi connectivity index (χ4n) is 4.05. The van der Waals surface area contributed by atoms with E-state index in [-0.39, 0.29) is 12.0 Å². The van der Waals surface area contributed by atoms with E-state index in [2.05, 4.69) is 16.0 Å². The standard InChI is InChI=1S/C22H20Cl2N2O2/c23-18-6-3-5-17(20(18)24)21(26-12-9-14(10-13-26)22(27)28)16-8-11-25-19-7-2-1-4-15(16)19/h1-8,11,14,21H,9-10,12-13H2,(H,27,28). The zero-order valence-corrected chi connectivity index (χ0v) is 16.7. The topological polar surface area (TPSA) is 53.4 Å². The van der Waals surface area contributed by atoms with Gasteiger partial charge in [0.1, 0.15) is 0 Å². The van der Waals surface area contributed by atoms with Crippen molar-refractivity contribution in [3.05, 3.63) is 75.9 Å². The maximum Gasteiger partial charge on any atom is 0.306 e. The number of hydrogen-bond acceptors (Lipinski definition) is 3. The lowest BCUT2D eigenvalue weighted by Gasteiger charge is -2.38. The van der Waals surface area contributed by atoms with E-state index < -0.39 is 5.97 Å². The molecule has 0 bridgehead atoms. The van der Waals surface area contributed by atoms with E-state index in [4.69, 9.17) is 23.2 Å². The number of rotatable bonds is 4. The fourth-order valence-corrected chi connectivity index (χ4v) is 4.46. The summed E-state index contributed by atoms with van der Waals surface area (Å²) in [5.74, 6) is -1.01. The van der Waals surface area contributed by atoms with E-state index in [9.17, 15) is 9.90 Å². The van der Waals surface area contributed by atoms with Gasteiger partial charge in [-0.05, 0) is 55.3 Å². The summed E-state index contributed by atoms with van der Waals surface area (Å²) in [4.78, 5) is 18.2. The summed E-state index contributed by atoms with van der Waals surface area (Å²) in [6.07, 6.45) is 3.05. The van der Waals surface area contributed by atoms with Gasteiger partial charge in [0.25, 0.3) is 0 Å². The number of halogens is 2. The van der Waals surface area contributed by atoms with Gasteiger partial charge in [0.2, 0.25) is 0 Å². The minimum absolute atomic E-state index is 0.117. The molecule has 0 saturated carbocycles. The van der Waals surface area contributed by atoms with Gasteiger partial charge in [-0.15, -0.1) is 0 Å². The zero-order chi connectivity index (χ0) is 19.7. The Balaban J connectivity index is 1.83. The van der Waals surface area contributed by atoms with E-state index >= 15 is 0 Å². The van der Waals surface area contributed by atoms with Crippen LogP contribution in [0.2, 0.25) is 10.0 Å². The van der Waals surface area contributed by atoms with Crippen molar-refractivity contribution in [1.82, 2.24) is 9.88 Å². The van der Waals surface area contributed by atoms with Gasteiger partial charge in [0.05, 0.1) is 27.5 Å². The van der Waals surface area contributed by atoms with Crippen molar-refractivity contribution >= 4 is 40.1 Å². The number of para-hydroxylation sites is 1. The van der Waals surface area contributed by atoms with E-state index in [1.807, 2.05) is 42.6 Å². The van der Waals surface area contributed by atoms with Crippen LogP contribution in [0.4, 0.5) is 0 Å². The second-order valence-electron chi connectivity index (χ2n) is 7.11. The number of carboxylic acids is 1. The molecule has 1 N–H and O–H groups in total. The molecule has 1 unspecified atom stereocenters. The molecule has 2 aromatic carbocycles. The van der Waals surface area contributed by atoms with Gasteiger partial charge in [-0.2, -0.15) is 0 Å². The average Bonchev–Trinajstić information content (AvgIpc) is 2.72. The normalized spacial score (nSPS) is 16.9. The number of nitrogens with zero attached hydrogens (tertiary/aromatic N) is 2. The molecule has 4 rings (SSSR count). The molecule has 4 nitrogen and oxygen atoms in total. The summed E-state index contributed by atoms with van der Waals surface area (Å²) in [6.45, 7) is 1.36. The maximum atomic E-state index is 11.4. The van der Waals surface area contributed by atoms with Crippen molar-refractivity contribution < 1.29 is 9.90 Å². The highest BCUT2D eigenvalue weighted by Crippen LogP contribution is 2.40. The third-order valence-corrected chi connectivity index (χ3v) is 6.33. The summed E-state index contributed by atoms with van der Waals surface area (Å²) in [5, 5.41) is 11.5. The molecule has 0 amide bonds. The number of benzene rings is 2. The zero-order valence-electron chi connectivity index (χ0n) is 15.2. The first-order chi connectivity index (χ1) is 13.6. The number of pyridine rings is 1. The molecule has 0 radical (unpaired) electrons. The van der Waals surface area contributed by atoms with Crippen LogP contribution in [0.5, 0.6) is 0 Å². The minimum Gasteiger partial charge on any atom is -0.481 e. The monoisotopic (exact) mass is 414 g/mol. The Morgan fingerprint density at radius 3 is 2.54 bits per heavy atom.